The summed E-state index contributed by atoms with van der Waals surface area (Å²) in [5.41, 5.74) is 0.218. The molecule has 86 valence electrons. The number of fused-ring (bicyclic) bond motifs is 1. The molecule has 16 heavy (non-hydrogen) atoms. The molecule has 1 aliphatic heterocycles. The molecule has 0 saturated heterocycles. The van der Waals surface area contributed by atoms with Crippen molar-refractivity contribution in [1.82, 2.24) is 0 Å². The van der Waals surface area contributed by atoms with E-state index in [-0.39, 0.29) is 5.75 Å². The van der Waals surface area contributed by atoms with Crippen molar-refractivity contribution in [3.63, 3.8) is 0 Å². The maximum atomic E-state index is 12.4. The average molecular weight is 247 g/mol. The van der Waals surface area contributed by atoms with E-state index in [1.165, 1.54) is 12.3 Å². The lowest BCUT2D eigenvalue weighted by Crippen LogP contribution is -2.12. The van der Waals surface area contributed by atoms with Gasteiger partial charge in [0.05, 0.1) is 21.0 Å². The summed E-state index contributed by atoms with van der Waals surface area (Å²) in [7, 11) is -2.56. The summed E-state index contributed by atoms with van der Waals surface area (Å²) < 4.78 is 52.4. The van der Waals surface area contributed by atoms with Crippen molar-refractivity contribution in [3.8, 4) is 0 Å². The van der Waals surface area contributed by atoms with E-state index in [0.717, 1.165) is 12.1 Å². The van der Waals surface area contributed by atoms with Crippen LogP contribution in [-0.2, 0) is 21.6 Å². The number of hydrogen-bond acceptors (Lipinski definition) is 1. The molecule has 0 aliphatic carbocycles. The molecule has 0 fully saturated rings. The van der Waals surface area contributed by atoms with Crippen LogP contribution in [0.1, 0.15) is 16.7 Å². The molecule has 0 N–H and O–H groups in total. The van der Waals surface area contributed by atoms with Crippen molar-refractivity contribution in [1.29, 1.82) is 0 Å². The predicted molar refractivity (Wildman–Crippen MR) is 58.0 cm³/mol. The fourth-order valence-corrected chi connectivity index (χ4v) is 2.59. The molecule has 1 aromatic carbocycles. The Balaban J connectivity index is 2.51. The quantitative estimate of drug-likeness (QED) is 0.647. The van der Waals surface area contributed by atoms with Gasteiger partial charge in [0.25, 0.3) is 0 Å². The van der Waals surface area contributed by atoms with Gasteiger partial charge in [0, 0.05) is 6.21 Å². The summed E-state index contributed by atoms with van der Waals surface area (Å²) >= 11 is 0. The number of benzene rings is 1. The van der Waals surface area contributed by atoms with Crippen LogP contribution in [0.15, 0.2) is 22.6 Å². The molecule has 1 atom stereocenters. The summed E-state index contributed by atoms with van der Waals surface area (Å²) in [4.78, 5) is 0. The number of halogens is 3. The summed E-state index contributed by atoms with van der Waals surface area (Å²) in [5, 5.41) is 0. The number of hydrogen-bond donors (Lipinski definition) is 0. The van der Waals surface area contributed by atoms with Crippen molar-refractivity contribution >= 4 is 21.8 Å². The average Bonchev–Trinajstić information content (AvgIpc) is 2.14. The molecule has 0 bridgehead atoms. The largest absolute Gasteiger partial charge is 0.416 e. The Bertz CT molecular complexity index is 558. The molecule has 2 rings (SSSR count). The van der Waals surface area contributed by atoms with E-state index in [4.69, 9.17) is 0 Å². The van der Waals surface area contributed by atoms with E-state index in [1.54, 1.807) is 0 Å². The first-order chi connectivity index (χ1) is 7.28. The predicted octanol–water partition coefficient (Wildman–Crippen LogP) is 2.27. The second kappa shape index (κ2) is 3.35. The fraction of sp³-hybridized carbons (Fsp3) is 0.200. The van der Waals surface area contributed by atoms with Gasteiger partial charge in [0.15, 0.2) is 0 Å². The first-order valence-corrected chi connectivity index (χ1v) is 6.24. The summed E-state index contributed by atoms with van der Waals surface area (Å²) in [6, 6.07) is 3.31. The van der Waals surface area contributed by atoms with Crippen molar-refractivity contribution < 1.29 is 17.4 Å². The highest BCUT2D eigenvalue weighted by atomic mass is 32.2. The lowest BCUT2D eigenvalue weighted by molar-refractivity contribution is -0.137. The minimum absolute atomic E-state index is 0.0942. The zero-order valence-electron chi connectivity index (χ0n) is 8.12. The van der Waals surface area contributed by atoms with Crippen molar-refractivity contribution in [3.05, 3.63) is 34.9 Å². The SMILES string of the molecule is C=S1(=O)Cc2ccc(C(F)(F)F)cc2C=N1. The lowest BCUT2D eigenvalue weighted by Gasteiger charge is -2.15. The molecule has 6 heteroatoms. The molecule has 0 spiro atoms. The first kappa shape index (κ1) is 11.2. The van der Waals surface area contributed by atoms with Gasteiger partial charge in [-0.25, -0.2) is 8.61 Å². The Labute approximate surface area is 91.0 Å². The van der Waals surface area contributed by atoms with Crippen molar-refractivity contribution in [2.45, 2.75) is 11.9 Å². The van der Waals surface area contributed by atoms with Gasteiger partial charge in [-0.2, -0.15) is 13.2 Å². The van der Waals surface area contributed by atoms with Crippen LogP contribution in [0.5, 0.6) is 0 Å². The minimum Gasteiger partial charge on any atom is -0.245 e. The van der Waals surface area contributed by atoms with Gasteiger partial charge in [0.1, 0.15) is 0 Å². The van der Waals surface area contributed by atoms with Crippen LogP contribution < -0.4 is 0 Å². The van der Waals surface area contributed by atoms with Crippen LogP contribution in [0.2, 0.25) is 0 Å². The van der Waals surface area contributed by atoms with Crippen LogP contribution in [0, 0.1) is 0 Å². The first-order valence-electron chi connectivity index (χ1n) is 4.38. The molecule has 0 radical (unpaired) electrons. The molecule has 1 aliphatic rings. The molecule has 0 amide bonds. The third kappa shape index (κ3) is 2.11. The Morgan fingerprint density at radius 1 is 1.38 bits per heavy atom. The maximum absolute atomic E-state index is 12.4. The van der Waals surface area contributed by atoms with Gasteiger partial charge in [-0.1, -0.05) is 6.07 Å². The minimum atomic E-state index is -4.37. The summed E-state index contributed by atoms with van der Waals surface area (Å²) in [5.74, 6) is 3.50. The van der Waals surface area contributed by atoms with Gasteiger partial charge in [-0.3, -0.25) is 0 Å². The zero-order chi connectivity index (χ0) is 12.0. The second-order valence-corrected chi connectivity index (χ2v) is 5.61. The molecule has 0 aromatic heterocycles. The Kier molecular flexibility index (Phi) is 2.34. The van der Waals surface area contributed by atoms with Gasteiger partial charge >= 0.3 is 6.18 Å². The number of alkyl halides is 3. The standard InChI is InChI=1S/C10H8F3NOS/c1-16(15)6-7-2-3-9(10(11,12)13)4-8(7)5-14-16/h2-5H,1,6H2. The van der Waals surface area contributed by atoms with Crippen LogP contribution in [0.25, 0.3) is 0 Å². The van der Waals surface area contributed by atoms with E-state index < -0.39 is 21.4 Å². The second-order valence-electron chi connectivity index (χ2n) is 3.56. The highest BCUT2D eigenvalue weighted by Gasteiger charge is 2.31. The van der Waals surface area contributed by atoms with E-state index >= 15 is 0 Å². The third-order valence-corrected chi connectivity index (χ3v) is 3.49. The normalized spacial score (nSPS) is 24.2. The van der Waals surface area contributed by atoms with Gasteiger partial charge in [-0.15, -0.1) is 0 Å². The van der Waals surface area contributed by atoms with Crippen LogP contribution >= 0.6 is 0 Å². The van der Waals surface area contributed by atoms with Gasteiger partial charge in [0.2, 0.25) is 0 Å². The lowest BCUT2D eigenvalue weighted by atomic mass is 10.1. The van der Waals surface area contributed by atoms with Crippen molar-refractivity contribution in [2.24, 2.45) is 4.40 Å². The smallest absolute Gasteiger partial charge is 0.245 e. The van der Waals surface area contributed by atoms with Crippen LogP contribution in [0.4, 0.5) is 13.2 Å². The molecule has 1 aromatic rings. The van der Waals surface area contributed by atoms with Crippen molar-refractivity contribution in [2.75, 3.05) is 0 Å². The molecule has 0 saturated carbocycles. The zero-order valence-corrected chi connectivity index (χ0v) is 8.94. The molecule has 1 unspecified atom stereocenters. The number of rotatable bonds is 0. The van der Waals surface area contributed by atoms with E-state index in [1.807, 2.05) is 0 Å². The summed E-state index contributed by atoms with van der Waals surface area (Å²) in [6.07, 6.45) is -3.17. The van der Waals surface area contributed by atoms with Gasteiger partial charge in [-0.05, 0) is 29.1 Å². The molecular weight excluding hydrogens is 239 g/mol. The summed E-state index contributed by atoms with van der Waals surface area (Å²) in [6.45, 7) is 0. The van der Waals surface area contributed by atoms with Crippen LogP contribution in [0.3, 0.4) is 0 Å². The highest BCUT2D eigenvalue weighted by molar-refractivity contribution is 7.98. The highest BCUT2D eigenvalue weighted by Crippen LogP contribution is 2.31. The monoisotopic (exact) mass is 247 g/mol. The van der Waals surface area contributed by atoms with Gasteiger partial charge < -0.3 is 0 Å². The van der Waals surface area contributed by atoms with E-state index in [9.17, 15) is 17.4 Å². The van der Waals surface area contributed by atoms with E-state index in [0.29, 0.717) is 11.1 Å². The molecular formula is C10H8F3NOS. The molecule has 1 heterocycles. The van der Waals surface area contributed by atoms with Crippen LogP contribution in [-0.4, -0.2) is 16.3 Å². The third-order valence-electron chi connectivity index (χ3n) is 2.24. The topological polar surface area (TPSA) is 29.4 Å². The Morgan fingerprint density at radius 3 is 2.69 bits per heavy atom. The Hall–Kier alpha value is -1.30. The van der Waals surface area contributed by atoms with E-state index in [2.05, 4.69) is 10.3 Å². The Morgan fingerprint density at radius 2 is 2.06 bits per heavy atom. The maximum Gasteiger partial charge on any atom is 0.416 e. The fourth-order valence-electron chi connectivity index (χ4n) is 1.46. The molecule has 2 nitrogen and oxygen atoms in total. The number of nitrogens with zero attached hydrogens (tertiary/aromatic N) is 1.